The van der Waals surface area contributed by atoms with E-state index >= 15 is 0 Å². The first-order valence-corrected chi connectivity index (χ1v) is 15.8. The van der Waals surface area contributed by atoms with E-state index in [4.69, 9.17) is 0 Å². The third-order valence-electron chi connectivity index (χ3n) is 8.79. The molecule has 1 nitrogen and oxygen atoms in total. The highest BCUT2D eigenvalue weighted by atomic mass is 32.1. The fourth-order valence-electron chi connectivity index (χ4n) is 6.64. The summed E-state index contributed by atoms with van der Waals surface area (Å²) in [4.78, 5) is 3.60. The van der Waals surface area contributed by atoms with Gasteiger partial charge in [-0.25, -0.2) is 0 Å². The van der Waals surface area contributed by atoms with Gasteiger partial charge in [0.05, 0.1) is 0 Å². The number of para-hydroxylation sites is 1. The minimum Gasteiger partial charge on any atom is -0.355 e. The maximum absolute atomic E-state index is 3.60. The Balaban J connectivity index is 1.39. The van der Waals surface area contributed by atoms with Crippen LogP contribution in [0.25, 0.3) is 86.5 Å². The molecule has 9 aromatic rings. The Labute approximate surface area is 259 Å². The topological polar surface area (TPSA) is 15.8 Å². The molecule has 0 fully saturated rings. The molecular weight excluding hydrogens is 551 g/mol. The van der Waals surface area contributed by atoms with Crippen molar-refractivity contribution in [2.45, 2.75) is 0 Å². The largest absolute Gasteiger partial charge is 0.355 e. The van der Waals surface area contributed by atoms with Crippen molar-refractivity contribution in [2.75, 3.05) is 0 Å². The number of hydrogen-bond donors (Lipinski definition) is 1. The summed E-state index contributed by atoms with van der Waals surface area (Å²) in [6.45, 7) is 0. The minimum absolute atomic E-state index is 1.17. The van der Waals surface area contributed by atoms with Crippen molar-refractivity contribution < 1.29 is 0 Å². The molecule has 9 rings (SSSR count). The summed E-state index contributed by atoms with van der Waals surface area (Å²) in [5.74, 6) is 0. The number of thiophene rings is 1. The van der Waals surface area contributed by atoms with E-state index in [1.165, 1.54) is 86.5 Å². The van der Waals surface area contributed by atoms with E-state index in [1.807, 2.05) is 11.3 Å². The molecule has 2 heterocycles. The van der Waals surface area contributed by atoms with Crippen LogP contribution in [0, 0.1) is 0 Å². The Morgan fingerprint density at radius 2 is 0.795 bits per heavy atom. The number of benzene rings is 7. The highest BCUT2D eigenvalue weighted by Crippen LogP contribution is 2.47. The van der Waals surface area contributed by atoms with Crippen LogP contribution in [0.1, 0.15) is 0 Å². The smallest absolute Gasteiger partial charge is 0.0465 e. The minimum atomic E-state index is 1.17. The number of aromatic nitrogens is 1. The van der Waals surface area contributed by atoms with Crippen LogP contribution in [0.3, 0.4) is 0 Å². The Morgan fingerprint density at radius 3 is 1.41 bits per heavy atom. The molecule has 0 amide bonds. The number of hydrogen-bond acceptors (Lipinski definition) is 1. The Morgan fingerprint density at radius 1 is 0.318 bits per heavy atom. The Kier molecular flexibility index (Phi) is 5.75. The van der Waals surface area contributed by atoms with E-state index in [2.05, 4.69) is 163 Å². The van der Waals surface area contributed by atoms with E-state index in [0.29, 0.717) is 0 Å². The van der Waals surface area contributed by atoms with Gasteiger partial charge in [-0.05, 0) is 75.8 Å². The second-order valence-electron chi connectivity index (χ2n) is 11.4. The molecule has 0 saturated carbocycles. The Bertz CT molecular complexity index is 2470. The molecule has 7 aromatic carbocycles. The van der Waals surface area contributed by atoms with Crippen LogP contribution in [0.2, 0.25) is 0 Å². The lowest BCUT2D eigenvalue weighted by Crippen LogP contribution is -1.84. The zero-order valence-electron chi connectivity index (χ0n) is 23.9. The lowest BCUT2D eigenvalue weighted by atomic mass is 9.93. The average Bonchev–Trinajstić information content (AvgIpc) is 3.66. The van der Waals surface area contributed by atoms with Gasteiger partial charge in [-0.2, -0.15) is 0 Å². The van der Waals surface area contributed by atoms with Gasteiger partial charge in [0.15, 0.2) is 0 Å². The number of aromatic amines is 1. The fraction of sp³-hybridized carbons (Fsp3) is 0. The molecule has 0 spiro atoms. The fourth-order valence-corrected chi connectivity index (χ4v) is 7.97. The highest BCUT2D eigenvalue weighted by Gasteiger charge is 2.18. The molecule has 0 aliphatic carbocycles. The lowest BCUT2D eigenvalue weighted by molar-refractivity contribution is 1.54. The van der Waals surface area contributed by atoms with Crippen molar-refractivity contribution in [3.05, 3.63) is 158 Å². The maximum atomic E-state index is 3.60. The van der Waals surface area contributed by atoms with Crippen LogP contribution in [0.5, 0.6) is 0 Å². The van der Waals surface area contributed by atoms with Crippen LogP contribution in [-0.4, -0.2) is 4.98 Å². The molecule has 0 aliphatic rings. The summed E-state index contributed by atoms with van der Waals surface area (Å²) in [7, 11) is 0. The molecule has 0 unspecified atom stereocenters. The van der Waals surface area contributed by atoms with Crippen LogP contribution >= 0.6 is 11.3 Å². The summed E-state index contributed by atoms with van der Waals surface area (Å²) >= 11 is 1.92. The van der Waals surface area contributed by atoms with Gasteiger partial charge >= 0.3 is 0 Å². The van der Waals surface area contributed by atoms with Gasteiger partial charge in [0.2, 0.25) is 0 Å². The molecule has 0 atom stereocenters. The SMILES string of the molecule is c1ccc(-c2cc(-c3ccccc3)c3sc4c(-c5ccc6[nH]c7ccccc7c6c5)cc(-c5ccccc5)cc4c3c2)cc1. The van der Waals surface area contributed by atoms with Crippen molar-refractivity contribution in [1.82, 2.24) is 4.98 Å². The maximum Gasteiger partial charge on any atom is 0.0465 e. The van der Waals surface area contributed by atoms with Crippen molar-refractivity contribution in [3.63, 3.8) is 0 Å². The molecule has 2 aromatic heterocycles. The Hall–Kier alpha value is -5.44. The first-order valence-electron chi connectivity index (χ1n) is 15.0. The molecule has 0 radical (unpaired) electrons. The van der Waals surface area contributed by atoms with E-state index in [0.717, 1.165) is 0 Å². The van der Waals surface area contributed by atoms with Gasteiger partial charge in [0.25, 0.3) is 0 Å². The first kappa shape index (κ1) is 25.1. The standard InChI is InChI=1S/C42H27NS/c1-4-12-27(13-5-1)31-23-34(29-16-8-3-9-17-29)41-37(25-31)38-26-32(28-14-6-2-7-15-28)24-35(42(38)44-41)30-20-21-40-36(22-30)33-18-10-11-19-39(33)43-40/h1-26,43H. The molecule has 2 heteroatoms. The predicted octanol–water partition coefficient (Wildman–Crippen LogP) is 12.4. The number of fused-ring (bicyclic) bond motifs is 6. The third-order valence-corrected chi connectivity index (χ3v) is 10.1. The summed E-state index contributed by atoms with van der Waals surface area (Å²) < 4.78 is 2.65. The molecule has 1 N–H and O–H groups in total. The monoisotopic (exact) mass is 577 g/mol. The summed E-state index contributed by atoms with van der Waals surface area (Å²) in [6.07, 6.45) is 0. The second-order valence-corrected chi connectivity index (χ2v) is 12.5. The van der Waals surface area contributed by atoms with Crippen LogP contribution in [0.15, 0.2) is 158 Å². The average molecular weight is 578 g/mol. The molecule has 206 valence electrons. The van der Waals surface area contributed by atoms with Gasteiger partial charge in [0.1, 0.15) is 0 Å². The summed E-state index contributed by atoms with van der Waals surface area (Å²) in [6, 6.07) is 57.4. The van der Waals surface area contributed by atoms with Gasteiger partial charge in [-0.1, -0.05) is 115 Å². The van der Waals surface area contributed by atoms with Crippen molar-refractivity contribution >= 4 is 53.3 Å². The van der Waals surface area contributed by atoms with Crippen molar-refractivity contribution in [2.24, 2.45) is 0 Å². The molecule has 44 heavy (non-hydrogen) atoms. The molecule has 0 aliphatic heterocycles. The van der Waals surface area contributed by atoms with Crippen LogP contribution in [-0.2, 0) is 0 Å². The summed E-state index contributed by atoms with van der Waals surface area (Å²) in [5, 5.41) is 5.12. The number of rotatable bonds is 4. The molecular formula is C42H27NS. The zero-order valence-corrected chi connectivity index (χ0v) is 24.7. The van der Waals surface area contributed by atoms with E-state index in [1.54, 1.807) is 0 Å². The van der Waals surface area contributed by atoms with Crippen molar-refractivity contribution in [1.29, 1.82) is 0 Å². The van der Waals surface area contributed by atoms with E-state index < -0.39 is 0 Å². The van der Waals surface area contributed by atoms with Gasteiger partial charge < -0.3 is 4.98 Å². The van der Waals surface area contributed by atoms with E-state index in [-0.39, 0.29) is 0 Å². The molecule has 0 saturated heterocycles. The quantitative estimate of drug-likeness (QED) is 0.214. The number of H-pyrrole nitrogens is 1. The van der Waals surface area contributed by atoms with Gasteiger partial charge in [0, 0.05) is 53.1 Å². The third kappa shape index (κ3) is 4.07. The van der Waals surface area contributed by atoms with Crippen LogP contribution in [0.4, 0.5) is 0 Å². The molecule has 0 bridgehead atoms. The van der Waals surface area contributed by atoms with Crippen molar-refractivity contribution in [3.8, 4) is 44.5 Å². The van der Waals surface area contributed by atoms with E-state index in [9.17, 15) is 0 Å². The first-order chi connectivity index (χ1) is 21.8. The summed E-state index contributed by atoms with van der Waals surface area (Å²) in [5.41, 5.74) is 12.3. The lowest BCUT2D eigenvalue weighted by Gasteiger charge is -2.10. The number of nitrogens with one attached hydrogen (secondary N) is 1. The van der Waals surface area contributed by atoms with Gasteiger partial charge in [-0.3, -0.25) is 0 Å². The van der Waals surface area contributed by atoms with Crippen LogP contribution < -0.4 is 0 Å². The zero-order chi connectivity index (χ0) is 29.0. The van der Waals surface area contributed by atoms with Gasteiger partial charge in [-0.15, -0.1) is 11.3 Å². The normalized spacial score (nSPS) is 11.6. The predicted molar refractivity (Wildman–Crippen MR) is 190 cm³/mol. The second kappa shape index (κ2) is 10.1. The highest BCUT2D eigenvalue weighted by molar-refractivity contribution is 7.27.